The Morgan fingerprint density at radius 1 is 1.22 bits per heavy atom. The molecule has 0 aromatic carbocycles. The second-order valence-corrected chi connectivity index (χ2v) is 5.96. The number of ether oxygens (including phenoxy) is 1. The summed E-state index contributed by atoms with van der Waals surface area (Å²) in [5.41, 5.74) is 0. The van der Waals surface area contributed by atoms with Crippen molar-refractivity contribution in [3.63, 3.8) is 0 Å². The predicted octanol–water partition coefficient (Wildman–Crippen LogP) is 2.96. The van der Waals surface area contributed by atoms with E-state index in [1.54, 1.807) is 0 Å². The molecule has 3 rings (SSSR count). The van der Waals surface area contributed by atoms with E-state index in [0.717, 1.165) is 48.8 Å². The van der Waals surface area contributed by atoms with Crippen molar-refractivity contribution in [2.45, 2.75) is 31.6 Å². The third-order valence-corrected chi connectivity index (χ3v) is 3.97. The van der Waals surface area contributed by atoms with Crippen molar-refractivity contribution in [3.05, 3.63) is 16.5 Å². The van der Waals surface area contributed by atoms with Crippen molar-refractivity contribution in [1.82, 2.24) is 9.97 Å². The smallest absolute Gasteiger partial charge is 0.135 e. The summed E-state index contributed by atoms with van der Waals surface area (Å²) in [6.45, 7) is 2.77. The van der Waals surface area contributed by atoms with Crippen LogP contribution in [0.2, 0.25) is 0 Å². The summed E-state index contributed by atoms with van der Waals surface area (Å²) >= 11 is 3.46. The Balaban J connectivity index is 1.60. The highest BCUT2D eigenvalue weighted by Gasteiger charge is 2.27. The molecular formula is C13H18BrN3O. The average molecular weight is 312 g/mol. The van der Waals surface area contributed by atoms with Crippen molar-refractivity contribution in [2.75, 3.05) is 25.1 Å². The van der Waals surface area contributed by atoms with Crippen LogP contribution in [0, 0.1) is 5.92 Å². The molecule has 5 heteroatoms. The zero-order valence-corrected chi connectivity index (χ0v) is 11.9. The van der Waals surface area contributed by atoms with Crippen LogP contribution in [0.15, 0.2) is 10.7 Å². The Kier molecular flexibility index (Phi) is 3.80. The van der Waals surface area contributed by atoms with E-state index in [0.29, 0.717) is 11.8 Å². The number of rotatable bonds is 4. The van der Waals surface area contributed by atoms with E-state index in [-0.39, 0.29) is 0 Å². The molecule has 18 heavy (non-hydrogen) atoms. The van der Waals surface area contributed by atoms with Crippen LogP contribution in [0.4, 0.5) is 5.82 Å². The molecule has 98 valence electrons. The fourth-order valence-corrected chi connectivity index (χ4v) is 2.65. The van der Waals surface area contributed by atoms with Crippen molar-refractivity contribution >= 4 is 21.7 Å². The number of hydrogen-bond acceptors (Lipinski definition) is 4. The Hall–Kier alpha value is -0.680. The first-order chi connectivity index (χ1) is 8.81. The lowest BCUT2D eigenvalue weighted by atomic mass is 10.0. The number of nitrogens with zero attached hydrogens (tertiary/aromatic N) is 2. The summed E-state index contributed by atoms with van der Waals surface area (Å²) < 4.78 is 6.25. The van der Waals surface area contributed by atoms with Gasteiger partial charge in [0.1, 0.15) is 16.2 Å². The van der Waals surface area contributed by atoms with Crippen molar-refractivity contribution in [1.29, 1.82) is 0 Å². The van der Waals surface area contributed by atoms with Crippen LogP contribution in [0.5, 0.6) is 0 Å². The van der Waals surface area contributed by atoms with Gasteiger partial charge in [-0.1, -0.05) is 0 Å². The average Bonchev–Trinajstić information content (AvgIpc) is 3.21. The molecule has 1 saturated heterocycles. The van der Waals surface area contributed by atoms with Gasteiger partial charge >= 0.3 is 0 Å². The summed E-state index contributed by atoms with van der Waals surface area (Å²) in [5.74, 6) is 3.23. The monoisotopic (exact) mass is 311 g/mol. The van der Waals surface area contributed by atoms with E-state index in [1.807, 2.05) is 6.07 Å². The maximum Gasteiger partial charge on any atom is 0.135 e. The van der Waals surface area contributed by atoms with Gasteiger partial charge in [-0.05, 0) is 47.5 Å². The third-order valence-electron chi connectivity index (χ3n) is 3.57. The van der Waals surface area contributed by atoms with Gasteiger partial charge in [0, 0.05) is 31.7 Å². The molecule has 2 aliphatic rings. The van der Waals surface area contributed by atoms with Gasteiger partial charge < -0.3 is 10.1 Å². The Morgan fingerprint density at radius 2 is 2.00 bits per heavy atom. The van der Waals surface area contributed by atoms with Crippen LogP contribution in [-0.4, -0.2) is 29.7 Å². The van der Waals surface area contributed by atoms with E-state index in [4.69, 9.17) is 4.74 Å². The molecule has 0 bridgehead atoms. The highest BCUT2D eigenvalue weighted by atomic mass is 79.9. The molecule has 0 unspecified atom stereocenters. The molecule has 0 spiro atoms. The third kappa shape index (κ3) is 3.20. The summed E-state index contributed by atoms with van der Waals surface area (Å²) in [7, 11) is 0. The zero-order chi connectivity index (χ0) is 12.4. The van der Waals surface area contributed by atoms with Crippen molar-refractivity contribution < 1.29 is 4.74 Å². The highest BCUT2D eigenvalue weighted by Crippen LogP contribution is 2.38. The number of anilines is 1. The molecule has 4 nitrogen and oxygen atoms in total. The topological polar surface area (TPSA) is 47.0 Å². The van der Waals surface area contributed by atoms with E-state index in [2.05, 4.69) is 31.2 Å². The lowest BCUT2D eigenvalue weighted by molar-refractivity contribution is 0.0699. The normalized spacial score (nSPS) is 20.9. The largest absolute Gasteiger partial charge is 0.381 e. The molecule has 0 atom stereocenters. The molecule has 1 N–H and O–H groups in total. The van der Waals surface area contributed by atoms with Crippen molar-refractivity contribution in [2.24, 2.45) is 5.92 Å². The number of halogens is 1. The number of aromatic nitrogens is 2. The molecule has 1 aliphatic carbocycles. The van der Waals surface area contributed by atoms with E-state index in [9.17, 15) is 0 Å². The summed E-state index contributed by atoms with van der Waals surface area (Å²) in [5, 5.41) is 3.44. The number of nitrogens with one attached hydrogen (secondary N) is 1. The van der Waals surface area contributed by atoms with E-state index in [1.165, 1.54) is 12.8 Å². The molecule has 1 saturated carbocycles. The van der Waals surface area contributed by atoms with Crippen LogP contribution in [0.1, 0.15) is 37.4 Å². The lowest BCUT2D eigenvalue weighted by Gasteiger charge is -2.22. The summed E-state index contributed by atoms with van der Waals surface area (Å²) in [4.78, 5) is 9.03. The molecule has 2 heterocycles. The fourth-order valence-electron chi connectivity index (χ4n) is 2.25. The van der Waals surface area contributed by atoms with Gasteiger partial charge in [-0.25, -0.2) is 9.97 Å². The zero-order valence-electron chi connectivity index (χ0n) is 10.4. The van der Waals surface area contributed by atoms with Gasteiger partial charge in [-0.2, -0.15) is 0 Å². The second kappa shape index (κ2) is 5.53. The van der Waals surface area contributed by atoms with Crippen LogP contribution in [0.25, 0.3) is 0 Å². The minimum atomic E-state index is 0.589. The minimum absolute atomic E-state index is 0.589. The first-order valence-electron chi connectivity index (χ1n) is 6.67. The van der Waals surface area contributed by atoms with Gasteiger partial charge in [0.2, 0.25) is 0 Å². The maximum atomic E-state index is 5.37. The van der Waals surface area contributed by atoms with E-state index >= 15 is 0 Å². The Morgan fingerprint density at radius 3 is 2.72 bits per heavy atom. The highest BCUT2D eigenvalue weighted by molar-refractivity contribution is 9.10. The first kappa shape index (κ1) is 12.4. The molecule has 1 aromatic heterocycles. The quantitative estimate of drug-likeness (QED) is 0.868. The van der Waals surface area contributed by atoms with Crippen LogP contribution >= 0.6 is 15.9 Å². The molecule has 0 radical (unpaired) electrons. The fraction of sp³-hybridized carbons (Fsp3) is 0.692. The SMILES string of the molecule is Brc1cc(NCC2CCOCC2)nc(C2CC2)n1. The predicted molar refractivity (Wildman–Crippen MR) is 73.7 cm³/mol. The lowest BCUT2D eigenvalue weighted by Crippen LogP contribution is -2.23. The van der Waals surface area contributed by atoms with Crippen LogP contribution in [0.3, 0.4) is 0 Å². The Bertz CT molecular complexity index is 417. The summed E-state index contributed by atoms with van der Waals surface area (Å²) in [6.07, 6.45) is 4.76. The van der Waals surface area contributed by atoms with Gasteiger partial charge in [-0.3, -0.25) is 0 Å². The molecule has 0 amide bonds. The van der Waals surface area contributed by atoms with Crippen LogP contribution < -0.4 is 5.32 Å². The number of hydrogen-bond donors (Lipinski definition) is 1. The molecule has 2 fully saturated rings. The molecule has 1 aromatic rings. The summed E-state index contributed by atoms with van der Waals surface area (Å²) in [6, 6.07) is 1.96. The van der Waals surface area contributed by atoms with Crippen LogP contribution in [-0.2, 0) is 4.74 Å². The molecular weight excluding hydrogens is 294 g/mol. The standard InChI is InChI=1S/C13H18BrN3O/c14-11-7-12(17-13(16-11)10-1-2-10)15-8-9-3-5-18-6-4-9/h7,9-10H,1-6,8H2,(H,15,16,17). The van der Waals surface area contributed by atoms with Gasteiger partial charge in [-0.15, -0.1) is 0 Å². The van der Waals surface area contributed by atoms with Crippen molar-refractivity contribution in [3.8, 4) is 0 Å². The Labute approximate surface area is 116 Å². The van der Waals surface area contributed by atoms with Gasteiger partial charge in [0.25, 0.3) is 0 Å². The molecule has 1 aliphatic heterocycles. The van der Waals surface area contributed by atoms with Gasteiger partial charge in [0.15, 0.2) is 0 Å². The second-order valence-electron chi connectivity index (χ2n) is 5.15. The minimum Gasteiger partial charge on any atom is -0.381 e. The maximum absolute atomic E-state index is 5.37. The first-order valence-corrected chi connectivity index (χ1v) is 7.46. The van der Waals surface area contributed by atoms with E-state index < -0.39 is 0 Å². The van der Waals surface area contributed by atoms with Gasteiger partial charge in [0.05, 0.1) is 0 Å².